The zero-order valence-electron chi connectivity index (χ0n) is 18.0. The third kappa shape index (κ3) is 6.25. The smallest absolute Gasteiger partial charge is 0.289 e. The average Bonchev–Trinajstić information content (AvgIpc) is 3.32. The Balaban J connectivity index is 1.48. The minimum Gasteiger partial charge on any atom is -0.378 e. The molecule has 1 aromatic heterocycles. The van der Waals surface area contributed by atoms with Crippen LogP contribution in [0.3, 0.4) is 0 Å². The van der Waals surface area contributed by atoms with E-state index in [9.17, 15) is 22.8 Å². The maximum Gasteiger partial charge on any atom is 0.289 e. The molecule has 0 unspecified atom stereocenters. The fourth-order valence-corrected chi connectivity index (χ4v) is 4.58. The number of carbonyl (C=O) groups is 3. The number of hydrogen-bond donors (Lipinski definition) is 3. The van der Waals surface area contributed by atoms with E-state index in [0.717, 1.165) is 4.31 Å². The van der Waals surface area contributed by atoms with Gasteiger partial charge in [-0.1, -0.05) is 6.07 Å². The van der Waals surface area contributed by atoms with Crippen molar-refractivity contribution in [3.63, 3.8) is 0 Å². The van der Waals surface area contributed by atoms with Crippen molar-refractivity contribution in [2.45, 2.75) is 4.90 Å². The van der Waals surface area contributed by atoms with Crippen molar-refractivity contribution in [3.8, 4) is 0 Å². The number of nitrogens with one attached hydrogen (secondary N) is 3. The Bertz CT molecular complexity index is 1130. The molecule has 0 saturated carbocycles. The number of anilines is 1. The number of sulfonamides is 1. The number of aromatic nitrogens is 1. The van der Waals surface area contributed by atoms with Gasteiger partial charge in [0, 0.05) is 38.1 Å². The highest BCUT2D eigenvalue weighted by Crippen LogP contribution is 2.21. The molecule has 33 heavy (non-hydrogen) atoms. The molecule has 0 atom stereocenters. The third-order valence-electron chi connectivity index (χ3n) is 4.61. The number of amides is 3. The number of hydrazine groups is 1. The van der Waals surface area contributed by atoms with Gasteiger partial charge in [0.25, 0.3) is 17.7 Å². The van der Waals surface area contributed by atoms with Crippen LogP contribution in [0.2, 0.25) is 0 Å². The van der Waals surface area contributed by atoms with E-state index in [0.29, 0.717) is 31.4 Å². The van der Waals surface area contributed by atoms with Gasteiger partial charge in [0.15, 0.2) is 5.13 Å². The van der Waals surface area contributed by atoms with Gasteiger partial charge in [-0.3, -0.25) is 25.2 Å². The molecule has 1 aromatic carbocycles. The third-order valence-corrected chi connectivity index (χ3v) is 7.32. The lowest BCUT2D eigenvalue weighted by atomic mass is 10.2. The predicted octanol–water partition coefficient (Wildman–Crippen LogP) is -0.579. The largest absolute Gasteiger partial charge is 0.378 e. The lowest BCUT2D eigenvalue weighted by Crippen LogP contribution is -2.46. The van der Waals surface area contributed by atoms with E-state index in [1.807, 2.05) is 4.90 Å². The van der Waals surface area contributed by atoms with Gasteiger partial charge in [0.05, 0.1) is 24.7 Å². The summed E-state index contributed by atoms with van der Waals surface area (Å²) in [5, 5.41) is 4.66. The standard InChI is InChI=1S/C19H24N6O6S2/c1-24(2)33(29,30)14-5-3-4-13(10-14)17(27)20-11-16(26)22-23-18(28)15-12-32-19(21-15)25-6-8-31-9-7-25/h3-5,10,12H,6-9,11H2,1-2H3,(H,20,27)(H,22,26)(H,23,28). The molecule has 1 saturated heterocycles. The van der Waals surface area contributed by atoms with Crippen molar-refractivity contribution >= 4 is 44.2 Å². The van der Waals surface area contributed by atoms with Crippen LogP contribution in [0.1, 0.15) is 20.8 Å². The van der Waals surface area contributed by atoms with Crippen molar-refractivity contribution in [1.82, 2.24) is 25.5 Å². The highest BCUT2D eigenvalue weighted by molar-refractivity contribution is 7.89. The van der Waals surface area contributed by atoms with Gasteiger partial charge in [-0.15, -0.1) is 11.3 Å². The van der Waals surface area contributed by atoms with Gasteiger partial charge < -0.3 is 15.0 Å². The zero-order valence-corrected chi connectivity index (χ0v) is 19.7. The Morgan fingerprint density at radius 3 is 2.58 bits per heavy atom. The number of ether oxygens (including phenoxy) is 1. The maximum absolute atomic E-state index is 12.3. The summed E-state index contributed by atoms with van der Waals surface area (Å²) >= 11 is 1.32. The first-order valence-corrected chi connectivity index (χ1v) is 12.2. The SMILES string of the molecule is CN(C)S(=O)(=O)c1cccc(C(=O)NCC(=O)NNC(=O)c2csc(N3CCOCC3)n2)c1. The summed E-state index contributed by atoms with van der Waals surface area (Å²) in [6.07, 6.45) is 0. The molecule has 1 aliphatic rings. The van der Waals surface area contributed by atoms with Crippen LogP contribution in [0.15, 0.2) is 34.5 Å². The average molecular weight is 497 g/mol. The van der Waals surface area contributed by atoms with E-state index in [2.05, 4.69) is 21.2 Å². The minimum absolute atomic E-state index is 0.0448. The Labute approximate surface area is 194 Å². The summed E-state index contributed by atoms with van der Waals surface area (Å²) in [7, 11) is -0.933. The highest BCUT2D eigenvalue weighted by atomic mass is 32.2. The first-order valence-electron chi connectivity index (χ1n) is 9.86. The lowest BCUT2D eigenvalue weighted by Gasteiger charge is -2.25. The molecule has 1 aliphatic heterocycles. The second kappa shape index (κ2) is 10.7. The van der Waals surface area contributed by atoms with E-state index in [1.54, 1.807) is 5.38 Å². The molecule has 12 nitrogen and oxygen atoms in total. The second-order valence-corrected chi connectivity index (χ2v) is 10.1. The van der Waals surface area contributed by atoms with E-state index in [-0.39, 0.29) is 16.2 Å². The van der Waals surface area contributed by atoms with Gasteiger partial charge in [0.1, 0.15) is 5.69 Å². The normalized spacial score (nSPS) is 14.1. The van der Waals surface area contributed by atoms with Crippen LogP contribution in [-0.4, -0.2) is 82.4 Å². The maximum atomic E-state index is 12.3. The first kappa shape index (κ1) is 24.6. The van der Waals surface area contributed by atoms with Gasteiger partial charge in [-0.25, -0.2) is 17.7 Å². The molecule has 2 heterocycles. The number of hydrogen-bond acceptors (Lipinski definition) is 9. The molecule has 0 aliphatic carbocycles. The molecule has 0 spiro atoms. The monoisotopic (exact) mass is 496 g/mol. The van der Waals surface area contributed by atoms with E-state index < -0.39 is 34.3 Å². The van der Waals surface area contributed by atoms with Crippen LogP contribution in [-0.2, 0) is 19.6 Å². The van der Waals surface area contributed by atoms with E-state index in [1.165, 1.54) is 49.7 Å². The summed E-state index contributed by atoms with van der Waals surface area (Å²) in [5.74, 6) is -1.90. The number of nitrogens with zero attached hydrogens (tertiary/aromatic N) is 3. The summed E-state index contributed by atoms with van der Waals surface area (Å²) in [6, 6.07) is 5.46. The molecule has 2 aromatic rings. The fraction of sp³-hybridized carbons (Fsp3) is 0.368. The zero-order chi connectivity index (χ0) is 24.0. The summed E-state index contributed by atoms with van der Waals surface area (Å²) in [4.78, 5) is 42.8. The van der Waals surface area contributed by atoms with E-state index in [4.69, 9.17) is 4.74 Å². The van der Waals surface area contributed by atoms with Crippen LogP contribution < -0.4 is 21.1 Å². The summed E-state index contributed by atoms with van der Waals surface area (Å²) in [5.41, 5.74) is 4.68. The quantitative estimate of drug-likeness (QED) is 0.431. The number of morpholine rings is 1. The molecule has 3 N–H and O–H groups in total. The van der Waals surface area contributed by atoms with Crippen LogP contribution in [0.25, 0.3) is 0 Å². The lowest BCUT2D eigenvalue weighted by molar-refractivity contribution is -0.120. The number of rotatable bonds is 7. The molecular formula is C19H24N6O6S2. The Morgan fingerprint density at radius 1 is 1.15 bits per heavy atom. The van der Waals surface area contributed by atoms with Crippen LogP contribution in [0, 0.1) is 0 Å². The molecule has 3 amide bonds. The summed E-state index contributed by atoms with van der Waals surface area (Å²) < 4.78 is 30.7. The Hall–Kier alpha value is -3.07. The van der Waals surface area contributed by atoms with Crippen molar-refractivity contribution in [3.05, 3.63) is 40.9 Å². The van der Waals surface area contributed by atoms with Crippen molar-refractivity contribution < 1.29 is 27.5 Å². The number of thiazole rings is 1. The van der Waals surface area contributed by atoms with Gasteiger partial charge in [0.2, 0.25) is 10.0 Å². The molecule has 1 fully saturated rings. The molecule has 0 radical (unpaired) electrons. The molecular weight excluding hydrogens is 472 g/mol. The molecule has 14 heteroatoms. The van der Waals surface area contributed by atoms with Crippen LogP contribution >= 0.6 is 11.3 Å². The van der Waals surface area contributed by atoms with Crippen molar-refractivity contribution in [2.75, 3.05) is 51.8 Å². The van der Waals surface area contributed by atoms with Gasteiger partial charge >= 0.3 is 0 Å². The highest BCUT2D eigenvalue weighted by Gasteiger charge is 2.20. The molecule has 3 rings (SSSR count). The second-order valence-electron chi connectivity index (χ2n) is 7.11. The number of benzene rings is 1. The fourth-order valence-electron chi connectivity index (χ4n) is 2.77. The predicted molar refractivity (Wildman–Crippen MR) is 120 cm³/mol. The van der Waals surface area contributed by atoms with Crippen molar-refractivity contribution in [1.29, 1.82) is 0 Å². The summed E-state index contributed by atoms with van der Waals surface area (Å²) in [6.45, 7) is 2.14. The number of carbonyl (C=O) groups excluding carboxylic acids is 3. The molecule has 178 valence electrons. The minimum atomic E-state index is -3.70. The van der Waals surface area contributed by atoms with Gasteiger partial charge in [-0.2, -0.15) is 0 Å². The van der Waals surface area contributed by atoms with Gasteiger partial charge in [-0.05, 0) is 18.2 Å². The molecule has 0 bridgehead atoms. The first-order chi connectivity index (χ1) is 15.7. The Kier molecular flexibility index (Phi) is 7.97. The Morgan fingerprint density at radius 2 is 1.88 bits per heavy atom. The van der Waals surface area contributed by atoms with Crippen LogP contribution in [0.5, 0.6) is 0 Å². The van der Waals surface area contributed by atoms with E-state index >= 15 is 0 Å². The topological polar surface area (TPSA) is 150 Å². The van der Waals surface area contributed by atoms with Crippen molar-refractivity contribution in [2.24, 2.45) is 0 Å². The van der Waals surface area contributed by atoms with Crippen LogP contribution in [0.4, 0.5) is 5.13 Å².